The minimum absolute atomic E-state index is 0.0370. The summed E-state index contributed by atoms with van der Waals surface area (Å²) in [5, 5.41) is 3.70. The smallest absolute Gasteiger partial charge is 0.243 e. The molecule has 1 N–H and O–H groups in total. The van der Waals surface area contributed by atoms with Crippen LogP contribution in [0.25, 0.3) is 0 Å². The van der Waals surface area contributed by atoms with Crippen LogP contribution in [0.1, 0.15) is 31.4 Å². The van der Waals surface area contributed by atoms with Crippen LogP contribution >= 0.6 is 23.4 Å². The van der Waals surface area contributed by atoms with Crippen molar-refractivity contribution in [2.75, 3.05) is 12.9 Å². The molecule has 0 saturated carbocycles. The Morgan fingerprint density at radius 2 is 1.67 bits per heavy atom. The summed E-state index contributed by atoms with van der Waals surface area (Å²) >= 11 is 7.58. The van der Waals surface area contributed by atoms with Gasteiger partial charge in [-0.1, -0.05) is 54.1 Å². The summed E-state index contributed by atoms with van der Waals surface area (Å²) in [4.78, 5) is 29.8. The standard InChI is InChI=1S/C29H33ClN2O3S/c1-21(2)31-29(34)27(19-22-8-5-4-6-9-22)32(20-23-10-7-11-25(18-23)35-3)28(33)16-17-36-26-14-12-24(30)13-15-26/h4-15,18,21,27H,16-17,19-20H2,1-3H3,(H,31,34)/t27-/m0/s1. The first-order chi connectivity index (χ1) is 17.4. The lowest BCUT2D eigenvalue weighted by Gasteiger charge is -2.32. The summed E-state index contributed by atoms with van der Waals surface area (Å²) in [6, 6.07) is 24.3. The minimum atomic E-state index is -0.644. The number of carbonyl (C=O) groups excluding carboxylic acids is 2. The van der Waals surface area contributed by atoms with Gasteiger partial charge in [-0.3, -0.25) is 9.59 Å². The number of nitrogens with one attached hydrogen (secondary N) is 1. The topological polar surface area (TPSA) is 58.6 Å². The van der Waals surface area contributed by atoms with Crippen LogP contribution in [-0.2, 0) is 22.6 Å². The van der Waals surface area contributed by atoms with Crippen LogP contribution in [0.4, 0.5) is 0 Å². The van der Waals surface area contributed by atoms with E-state index < -0.39 is 6.04 Å². The van der Waals surface area contributed by atoms with Crippen molar-refractivity contribution in [3.05, 3.63) is 95.0 Å². The van der Waals surface area contributed by atoms with E-state index in [1.807, 2.05) is 92.7 Å². The van der Waals surface area contributed by atoms with Crippen LogP contribution in [0.5, 0.6) is 5.75 Å². The van der Waals surface area contributed by atoms with Crippen molar-refractivity contribution in [1.29, 1.82) is 0 Å². The Morgan fingerprint density at radius 1 is 0.972 bits per heavy atom. The molecule has 0 saturated heterocycles. The highest BCUT2D eigenvalue weighted by molar-refractivity contribution is 7.99. The molecule has 5 nitrogen and oxygen atoms in total. The monoisotopic (exact) mass is 524 g/mol. The van der Waals surface area contributed by atoms with E-state index in [2.05, 4.69) is 5.32 Å². The van der Waals surface area contributed by atoms with Gasteiger partial charge in [-0.25, -0.2) is 0 Å². The zero-order valence-electron chi connectivity index (χ0n) is 20.9. The molecule has 0 unspecified atom stereocenters. The number of ether oxygens (including phenoxy) is 1. The molecule has 3 rings (SSSR count). The molecule has 7 heteroatoms. The van der Waals surface area contributed by atoms with Crippen LogP contribution < -0.4 is 10.1 Å². The number of amides is 2. The summed E-state index contributed by atoms with van der Waals surface area (Å²) in [5.74, 6) is 1.08. The fourth-order valence-electron chi connectivity index (χ4n) is 3.83. The molecular formula is C29H33ClN2O3S. The van der Waals surface area contributed by atoms with Crippen molar-refractivity contribution in [3.8, 4) is 5.75 Å². The molecule has 0 spiro atoms. The fourth-order valence-corrected chi connectivity index (χ4v) is 4.80. The van der Waals surface area contributed by atoms with Gasteiger partial charge >= 0.3 is 0 Å². The average Bonchev–Trinajstić information content (AvgIpc) is 2.87. The molecule has 0 radical (unpaired) electrons. The Balaban J connectivity index is 1.85. The molecule has 0 aliphatic carbocycles. The highest BCUT2D eigenvalue weighted by Gasteiger charge is 2.30. The van der Waals surface area contributed by atoms with Crippen molar-refractivity contribution in [3.63, 3.8) is 0 Å². The van der Waals surface area contributed by atoms with Crippen LogP contribution in [0.2, 0.25) is 5.02 Å². The molecule has 2 amide bonds. The maximum absolute atomic E-state index is 13.6. The second-order valence-corrected chi connectivity index (χ2v) is 10.4. The second kappa shape index (κ2) is 14.0. The maximum Gasteiger partial charge on any atom is 0.243 e. The molecule has 3 aromatic carbocycles. The largest absolute Gasteiger partial charge is 0.497 e. The molecule has 0 bridgehead atoms. The zero-order valence-corrected chi connectivity index (χ0v) is 22.5. The molecule has 0 aliphatic rings. The third-order valence-electron chi connectivity index (χ3n) is 5.59. The Labute approximate surface area is 223 Å². The lowest BCUT2D eigenvalue weighted by Crippen LogP contribution is -2.51. The molecule has 36 heavy (non-hydrogen) atoms. The molecule has 0 fully saturated rings. The molecule has 0 heterocycles. The maximum atomic E-state index is 13.6. The molecule has 3 aromatic rings. The number of halogens is 1. The normalized spacial score (nSPS) is 11.7. The number of thioether (sulfide) groups is 1. The lowest BCUT2D eigenvalue weighted by molar-refractivity contribution is -0.141. The number of carbonyl (C=O) groups is 2. The average molecular weight is 525 g/mol. The third kappa shape index (κ3) is 8.61. The van der Waals surface area contributed by atoms with Gasteiger partial charge in [-0.15, -0.1) is 11.8 Å². The van der Waals surface area contributed by atoms with Crippen molar-refractivity contribution in [2.45, 2.75) is 50.2 Å². The number of nitrogens with zero attached hydrogens (tertiary/aromatic N) is 1. The van der Waals surface area contributed by atoms with E-state index in [-0.39, 0.29) is 17.9 Å². The Bertz CT molecular complexity index is 1120. The lowest BCUT2D eigenvalue weighted by atomic mass is 10.0. The van der Waals surface area contributed by atoms with E-state index in [0.29, 0.717) is 35.9 Å². The van der Waals surface area contributed by atoms with Gasteiger partial charge in [0.25, 0.3) is 0 Å². The van der Waals surface area contributed by atoms with E-state index in [4.69, 9.17) is 16.3 Å². The van der Waals surface area contributed by atoms with Gasteiger partial charge in [0.15, 0.2) is 0 Å². The van der Waals surface area contributed by atoms with Crippen molar-refractivity contribution < 1.29 is 14.3 Å². The SMILES string of the molecule is COc1cccc(CN(C(=O)CCSc2ccc(Cl)cc2)[C@@H](Cc2ccccc2)C(=O)NC(C)C)c1. The predicted octanol–water partition coefficient (Wildman–Crippen LogP) is 6.00. The van der Waals surface area contributed by atoms with Crippen molar-refractivity contribution >= 4 is 35.2 Å². The molecular weight excluding hydrogens is 492 g/mol. The Hall–Kier alpha value is -2.96. The quantitative estimate of drug-likeness (QED) is 0.295. The zero-order chi connectivity index (χ0) is 25.9. The van der Waals surface area contributed by atoms with Gasteiger partial charge in [0.05, 0.1) is 7.11 Å². The fraction of sp³-hybridized carbons (Fsp3) is 0.310. The summed E-state index contributed by atoms with van der Waals surface area (Å²) in [6.45, 7) is 4.16. The molecule has 1 atom stereocenters. The number of rotatable bonds is 12. The van der Waals surface area contributed by atoms with Crippen LogP contribution in [0, 0.1) is 0 Å². The molecule has 0 aromatic heterocycles. The third-order valence-corrected chi connectivity index (χ3v) is 6.85. The Morgan fingerprint density at radius 3 is 2.33 bits per heavy atom. The van der Waals surface area contributed by atoms with Crippen LogP contribution in [0.15, 0.2) is 83.8 Å². The van der Waals surface area contributed by atoms with E-state index in [0.717, 1.165) is 16.0 Å². The van der Waals surface area contributed by atoms with Gasteiger partial charge in [-0.05, 0) is 61.4 Å². The Kier molecular flexibility index (Phi) is 10.7. The number of hydrogen-bond acceptors (Lipinski definition) is 4. The first kappa shape index (κ1) is 27.6. The van der Waals surface area contributed by atoms with E-state index in [9.17, 15) is 9.59 Å². The minimum Gasteiger partial charge on any atom is -0.497 e. The van der Waals surface area contributed by atoms with E-state index in [1.54, 1.807) is 23.8 Å². The van der Waals surface area contributed by atoms with Crippen LogP contribution in [-0.4, -0.2) is 41.7 Å². The summed E-state index contributed by atoms with van der Waals surface area (Å²) in [6.07, 6.45) is 0.733. The van der Waals surface area contributed by atoms with Gasteiger partial charge < -0.3 is 15.0 Å². The van der Waals surface area contributed by atoms with Gasteiger partial charge in [-0.2, -0.15) is 0 Å². The predicted molar refractivity (Wildman–Crippen MR) is 148 cm³/mol. The van der Waals surface area contributed by atoms with Gasteiger partial charge in [0.1, 0.15) is 11.8 Å². The second-order valence-electron chi connectivity index (χ2n) is 8.79. The summed E-state index contributed by atoms with van der Waals surface area (Å²) in [5.41, 5.74) is 1.91. The number of hydrogen-bond donors (Lipinski definition) is 1. The summed E-state index contributed by atoms with van der Waals surface area (Å²) < 4.78 is 5.38. The number of methoxy groups -OCH3 is 1. The van der Waals surface area contributed by atoms with Gasteiger partial charge in [0, 0.05) is 41.1 Å². The highest BCUT2D eigenvalue weighted by Crippen LogP contribution is 2.23. The summed E-state index contributed by atoms with van der Waals surface area (Å²) in [7, 11) is 1.62. The first-order valence-corrected chi connectivity index (χ1v) is 13.4. The van der Waals surface area contributed by atoms with Gasteiger partial charge in [0.2, 0.25) is 11.8 Å². The highest BCUT2D eigenvalue weighted by atomic mass is 35.5. The first-order valence-electron chi connectivity index (χ1n) is 12.0. The van der Waals surface area contributed by atoms with E-state index in [1.165, 1.54) is 0 Å². The van der Waals surface area contributed by atoms with Crippen LogP contribution in [0.3, 0.4) is 0 Å². The molecule has 0 aliphatic heterocycles. The molecule has 190 valence electrons. The van der Waals surface area contributed by atoms with E-state index >= 15 is 0 Å². The van der Waals surface area contributed by atoms with Crippen molar-refractivity contribution in [2.24, 2.45) is 0 Å². The van der Waals surface area contributed by atoms with Crippen molar-refractivity contribution in [1.82, 2.24) is 10.2 Å². The number of benzene rings is 3.